The van der Waals surface area contributed by atoms with Gasteiger partial charge in [-0.05, 0) is 6.92 Å². The Kier molecular flexibility index (Phi) is 4.13. The van der Waals surface area contributed by atoms with Crippen LogP contribution in [0, 0.1) is 0 Å². The first-order valence-electron chi connectivity index (χ1n) is 2.38. The van der Waals surface area contributed by atoms with Crippen LogP contribution in [0.2, 0.25) is 0 Å². The van der Waals surface area contributed by atoms with E-state index in [0.717, 1.165) is 11.8 Å². The smallest absolute Gasteiger partial charge is 0.313 e. The molecule has 0 aliphatic rings. The summed E-state index contributed by atoms with van der Waals surface area (Å²) >= 11 is 1.06. The molecule has 0 amide bonds. The van der Waals surface area contributed by atoms with Crippen LogP contribution in [0.5, 0.6) is 0 Å². The summed E-state index contributed by atoms with van der Waals surface area (Å²) in [4.78, 5) is 19.6. The zero-order valence-corrected chi connectivity index (χ0v) is 5.77. The molecule has 1 radical (unpaired) electrons. The van der Waals surface area contributed by atoms with Crippen LogP contribution in [0.1, 0.15) is 6.92 Å². The van der Waals surface area contributed by atoms with Gasteiger partial charge in [0.1, 0.15) is 0 Å². The molecule has 0 aliphatic carbocycles. The summed E-state index contributed by atoms with van der Waals surface area (Å²) < 4.78 is 0. The summed E-state index contributed by atoms with van der Waals surface area (Å²) in [5.41, 5.74) is 0. The van der Waals surface area contributed by atoms with E-state index in [1.165, 1.54) is 0 Å². The van der Waals surface area contributed by atoms with Crippen molar-refractivity contribution in [1.82, 2.24) is 0 Å². The maximum absolute atomic E-state index is 9.87. The topological polar surface area (TPSA) is 54.4 Å². The Labute approximate surface area is 57.4 Å². The SMILES string of the molecule is CC([C]=O)SCC(=O)O. The van der Waals surface area contributed by atoms with Gasteiger partial charge < -0.3 is 5.11 Å². The number of thioether (sulfide) groups is 1. The van der Waals surface area contributed by atoms with Gasteiger partial charge >= 0.3 is 5.97 Å². The number of carbonyl (C=O) groups excluding carboxylic acids is 1. The second-order valence-electron chi connectivity index (χ2n) is 1.46. The molecular weight excluding hydrogens is 140 g/mol. The highest BCUT2D eigenvalue weighted by Gasteiger charge is 2.03. The molecule has 4 heteroatoms. The lowest BCUT2D eigenvalue weighted by atomic mass is 10.5. The maximum atomic E-state index is 9.87. The highest BCUT2D eigenvalue weighted by Crippen LogP contribution is 2.05. The molecule has 0 aromatic rings. The summed E-state index contributed by atoms with van der Waals surface area (Å²) in [6.45, 7) is 1.61. The molecule has 0 saturated carbocycles. The molecule has 0 fully saturated rings. The van der Waals surface area contributed by atoms with Crippen LogP contribution < -0.4 is 0 Å². The fourth-order valence-corrected chi connectivity index (χ4v) is 0.691. The predicted octanol–water partition coefficient (Wildman–Crippen LogP) is 0.302. The van der Waals surface area contributed by atoms with Crippen molar-refractivity contribution in [2.24, 2.45) is 0 Å². The minimum Gasteiger partial charge on any atom is -0.481 e. The Bertz CT molecular complexity index is 113. The zero-order valence-electron chi connectivity index (χ0n) is 4.96. The lowest BCUT2D eigenvalue weighted by molar-refractivity contribution is -0.133. The third-order valence-electron chi connectivity index (χ3n) is 0.623. The van der Waals surface area contributed by atoms with Gasteiger partial charge in [0.25, 0.3) is 0 Å². The molecule has 9 heavy (non-hydrogen) atoms. The number of aliphatic carboxylic acids is 1. The quantitative estimate of drug-likeness (QED) is 0.621. The van der Waals surface area contributed by atoms with Crippen molar-refractivity contribution in [1.29, 1.82) is 0 Å². The Hall–Kier alpha value is -0.510. The first-order valence-corrected chi connectivity index (χ1v) is 3.42. The minimum absolute atomic E-state index is 0.0313. The molecule has 0 rings (SSSR count). The van der Waals surface area contributed by atoms with E-state index in [1.807, 2.05) is 0 Å². The second kappa shape index (κ2) is 4.38. The molecule has 0 heterocycles. The van der Waals surface area contributed by atoms with Crippen LogP contribution >= 0.6 is 11.8 Å². The average Bonchev–Trinajstić information content (AvgIpc) is 1.83. The molecule has 0 spiro atoms. The van der Waals surface area contributed by atoms with E-state index in [9.17, 15) is 9.59 Å². The molecule has 3 nitrogen and oxygen atoms in total. The van der Waals surface area contributed by atoms with Crippen LogP contribution in [0.3, 0.4) is 0 Å². The van der Waals surface area contributed by atoms with E-state index in [2.05, 4.69) is 0 Å². The van der Waals surface area contributed by atoms with Gasteiger partial charge in [0.15, 0.2) is 0 Å². The number of hydrogen-bond acceptors (Lipinski definition) is 3. The number of carboxylic acids is 1. The zero-order chi connectivity index (χ0) is 7.28. The van der Waals surface area contributed by atoms with Gasteiger partial charge in [-0.3, -0.25) is 9.59 Å². The molecule has 1 atom stereocenters. The second-order valence-corrected chi connectivity index (χ2v) is 2.79. The normalized spacial score (nSPS) is 12.6. The summed E-state index contributed by atoms with van der Waals surface area (Å²) in [6, 6.07) is 0. The van der Waals surface area contributed by atoms with Gasteiger partial charge in [0, 0.05) is 0 Å². The summed E-state index contributed by atoms with van der Waals surface area (Å²) in [6.07, 6.45) is 1.67. The van der Waals surface area contributed by atoms with E-state index in [-0.39, 0.29) is 11.0 Å². The molecule has 0 aromatic carbocycles. The van der Waals surface area contributed by atoms with Crippen molar-refractivity contribution in [2.75, 3.05) is 5.75 Å². The van der Waals surface area contributed by atoms with Crippen LogP contribution in [0.15, 0.2) is 0 Å². The predicted molar refractivity (Wildman–Crippen MR) is 35.2 cm³/mol. The van der Waals surface area contributed by atoms with E-state index < -0.39 is 5.97 Å². The van der Waals surface area contributed by atoms with Crippen molar-refractivity contribution in [3.8, 4) is 0 Å². The van der Waals surface area contributed by atoms with Crippen molar-refractivity contribution in [2.45, 2.75) is 12.2 Å². The van der Waals surface area contributed by atoms with Crippen LogP contribution in [-0.4, -0.2) is 28.4 Å². The number of carboxylic acid groups (broad SMARTS) is 1. The molecule has 1 N–H and O–H groups in total. The first kappa shape index (κ1) is 8.49. The molecule has 0 bridgehead atoms. The van der Waals surface area contributed by atoms with Crippen molar-refractivity contribution in [3.63, 3.8) is 0 Å². The van der Waals surface area contributed by atoms with Gasteiger partial charge in [0.05, 0.1) is 11.0 Å². The summed E-state index contributed by atoms with van der Waals surface area (Å²) in [7, 11) is 0. The molecular formula is C5H7O3S. The maximum Gasteiger partial charge on any atom is 0.313 e. The monoisotopic (exact) mass is 147 g/mol. The van der Waals surface area contributed by atoms with Gasteiger partial charge in [-0.25, -0.2) is 0 Å². The van der Waals surface area contributed by atoms with Gasteiger partial charge in [-0.15, -0.1) is 11.8 Å². The van der Waals surface area contributed by atoms with E-state index in [4.69, 9.17) is 5.11 Å². The van der Waals surface area contributed by atoms with Crippen molar-refractivity contribution < 1.29 is 14.7 Å². The number of rotatable bonds is 4. The molecule has 0 aromatic heterocycles. The lowest BCUT2D eigenvalue weighted by Crippen LogP contribution is -2.04. The van der Waals surface area contributed by atoms with Crippen molar-refractivity contribution >= 4 is 24.0 Å². The van der Waals surface area contributed by atoms with Crippen LogP contribution in [-0.2, 0) is 9.59 Å². The van der Waals surface area contributed by atoms with Gasteiger partial charge in [-0.2, -0.15) is 0 Å². The highest BCUT2D eigenvalue weighted by molar-refractivity contribution is 8.01. The first-order chi connectivity index (χ1) is 4.16. The fraction of sp³-hybridized carbons (Fsp3) is 0.600. The van der Waals surface area contributed by atoms with Crippen LogP contribution in [0.4, 0.5) is 0 Å². The van der Waals surface area contributed by atoms with E-state index in [1.54, 1.807) is 13.2 Å². The third kappa shape index (κ3) is 5.36. The third-order valence-corrected chi connectivity index (χ3v) is 1.63. The van der Waals surface area contributed by atoms with E-state index in [0.29, 0.717) is 0 Å². The molecule has 0 saturated heterocycles. The van der Waals surface area contributed by atoms with E-state index >= 15 is 0 Å². The van der Waals surface area contributed by atoms with Crippen molar-refractivity contribution in [3.05, 3.63) is 0 Å². The standard InChI is InChI=1S/C5H7O3S/c1-4(2-6)9-3-5(7)8/h4H,3H2,1H3,(H,7,8). The molecule has 0 aliphatic heterocycles. The largest absolute Gasteiger partial charge is 0.481 e. The average molecular weight is 147 g/mol. The Morgan fingerprint density at radius 1 is 1.89 bits per heavy atom. The number of hydrogen-bond donors (Lipinski definition) is 1. The summed E-state index contributed by atoms with van der Waals surface area (Å²) in [5, 5.41) is 7.77. The van der Waals surface area contributed by atoms with Crippen LogP contribution in [0.25, 0.3) is 0 Å². The lowest BCUT2D eigenvalue weighted by Gasteiger charge is -1.96. The fourth-order valence-electron chi connectivity index (χ4n) is 0.230. The Balaban J connectivity index is 3.26. The molecule has 51 valence electrons. The Morgan fingerprint density at radius 3 is 2.78 bits per heavy atom. The molecule has 1 unspecified atom stereocenters. The minimum atomic E-state index is -0.901. The highest BCUT2D eigenvalue weighted by atomic mass is 32.2. The van der Waals surface area contributed by atoms with Gasteiger partial charge in [0.2, 0.25) is 6.29 Å². The van der Waals surface area contributed by atoms with Gasteiger partial charge in [-0.1, -0.05) is 0 Å². The Morgan fingerprint density at radius 2 is 2.44 bits per heavy atom. The number of carbonyl (C=O) groups is 1. The summed E-state index contributed by atoms with van der Waals surface area (Å²) in [5.74, 6) is -0.932.